The van der Waals surface area contributed by atoms with Gasteiger partial charge in [-0.3, -0.25) is 4.90 Å². The Morgan fingerprint density at radius 2 is 1.83 bits per heavy atom. The fourth-order valence-corrected chi connectivity index (χ4v) is 3.81. The van der Waals surface area contributed by atoms with Gasteiger partial charge in [0.05, 0.1) is 0 Å². The molecule has 0 radical (unpaired) electrons. The first-order valence-electron chi connectivity index (χ1n) is 8.84. The van der Waals surface area contributed by atoms with Crippen LogP contribution >= 0.6 is 0 Å². The highest BCUT2D eigenvalue weighted by atomic mass is 15.1. The van der Waals surface area contributed by atoms with Crippen LogP contribution in [-0.2, 0) is 6.54 Å². The van der Waals surface area contributed by atoms with E-state index in [0.717, 1.165) is 12.5 Å². The first-order valence-corrected chi connectivity index (χ1v) is 8.84. The highest BCUT2D eigenvalue weighted by Crippen LogP contribution is 2.36. The van der Waals surface area contributed by atoms with E-state index in [4.69, 9.17) is 0 Å². The lowest BCUT2D eigenvalue weighted by Gasteiger charge is -2.34. The van der Waals surface area contributed by atoms with Crippen molar-refractivity contribution in [1.82, 2.24) is 4.90 Å². The Morgan fingerprint density at radius 3 is 2.57 bits per heavy atom. The zero-order chi connectivity index (χ0) is 15.8. The van der Waals surface area contributed by atoms with Gasteiger partial charge in [0.25, 0.3) is 0 Å². The predicted molar refractivity (Wildman–Crippen MR) is 97.4 cm³/mol. The molecule has 0 saturated heterocycles. The van der Waals surface area contributed by atoms with Crippen LogP contribution in [0.25, 0.3) is 0 Å². The van der Waals surface area contributed by atoms with Gasteiger partial charge in [0.1, 0.15) is 0 Å². The molecular formula is C21H26N2. The summed E-state index contributed by atoms with van der Waals surface area (Å²) in [5, 5.41) is 0. The van der Waals surface area contributed by atoms with Crippen molar-refractivity contribution in [1.29, 1.82) is 0 Å². The van der Waals surface area contributed by atoms with Crippen LogP contribution in [0.15, 0.2) is 48.5 Å². The number of fused-ring (bicyclic) bond motifs is 1. The van der Waals surface area contributed by atoms with E-state index in [2.05, 4.69) is 72.3 Å². The van der Waals surface area contributed by atoms with Gasteiger partial charge in [0.2, 0.25) is 0 Å². The molecule has 0 spiro atoms. The molecule has 2 aliphatic rings. The Labute approximate surface area is 139 Å². The minimum absolute atomic E-state index is 0.647. The Balaban J connectivity index is 1.59. The van der Waals surface area contributed by atoms with Crippen molar-refractivity contribution in [3.8, 4) is 0 Å². The van der Waals surface area contributed by atoms with Gasteiger partial charge in [-0.15, -0.1) is 0 Å². The van der Waals surface area contributed by atoms with E-state index in [1.807, 2.05) is 0 Å². The van der Waals surface area contributed by atoms with E-state index in [1.54, 1.807) is 5.56 Å². The summed E-state index contributed by atoms with van der Waals surface area (Å²) in [4.78, 5) is 4.95. The van der Waals surface area contributed by atoms with Crippen molar-refractivity contribution in [2.75, 3.05) is 25.0 Å². The molecule has 1 saturated carbocycles. The summed E-state index contributed by atoms with van der Waals surface area (Å²) >= 11 is 0. The van der Waals surface area contributed by atoms with E-state index in [9.17, 15) is 0 Å². The summed E-state index contributed by atoms with van der Waals surface area (Å²) in [6, 6.07) is 17.6. The standard InChI is InChI=1S/C21H26N2/c1-16-13-23(14-17-8-9-17)15-18-12-20(10-11-21(16)18)22(2)19-6-4-3-5-7-19/h3-7,10-12,16-17H,8-9,13-15H2,1-2H3. The Morgan fingerprint density at radius 1 is 1.04 bits per heavy atom. The average molecular weight is 306 g/mol. The van der Waals surface area contributed by atoms with E-state index >= 15 is 0 Å². The molecule has 1 heterocycles. The molecule has 2 nitrogen and oxygen atoms in total. The summed E-state index contributed by atoms with van der Waals surface area (Å²) in [6.45, 7) is 6.00. The quantitative estimate of drug-likeness (QED) is 0.802. The predicted octanol–water partition coefficient (Wildman–Crippen LogP) is 4.78. The van der Waals surface area contributed by atoms with Gasteiger partial charge < -0.3 is 4.90 Å². The summed E-state index contributed by atoms with van der Waals surface area (Å²) in [5.41, 5.74) is 5.59. The molecule has 2 heteroatoms. The second kappa shape index (κ2) is 6.01. The second-order valence-corrected chi connectivity index (χ2v) is 7.32. The molecule has 0 N–H and O–H groups in total. The molecule has 0 amide bonds. The zero-order valence-electron chi connectivity index (χ0n) is 14.2. The maximum atomic E-state index is 2.66. The number of para-hydroxylation sites is 1. The molecular weight excluding hydrogens is 280 g/mol. The van der Waals surface area contributed by atoms with Crippen LogP contribution in [0.3, 0.4) is 0 Å². The molecule has 0 aromatic heterocycles. The van der Waals surface area contributed by atoms with Gasteiger partial charge in [0.15, 0.2) is 0 Å². The third-order valence-corrected chi connectivity index (χ3v) is 5.33. The third kappa shape index (κ3) is 3.13. The van der Waals surface area contributed by atoms with Gasteiger partial charge >= 0.3 is 0 Å². The Hall–Kier alpha value is -1.80. The summed E-state index contributed by atoms with van der Waals surface area (Å²) < 4.78 is 0. The molecule has 1 unspecified atom stereocenters. The zero-order valence-corrected chi connectivity index (χ0v) is 14.2. The third-order valence-electron chi connectivity index (χ3n) is 5.33. The van der Waals surface area contributed by atoms with Crippen molar-refractivity contribution in [3.63, 3.8) is 0 Å². The second-order valence-electron chi connectivity index (χ2n) is 7.32. The summed E-state index contributed by atoms with van der Waals surface area (Å²) in [7, 11) is 2.16. The lowest BCUT2D eigenvalue weighted by Crippen LogP contribution is -2.34. The lowest BCUT2D eigenvalue weighted by molar-refractivity contribution is 0.226. The van der Waals surface area contributed by atoms with Crippen molar-refractivity contribution in [2.45, 2.75) is 32.2 Å². The SMILES string of the molecule is CC1CN(CC2CC2)Cc2cc(N(C)c3ccccc3)ccc21. The highest BCUT2D eigenvalue weighted by molar-refractivity contribution is 5.64. The molecule has 1 atom stereocenters. The van der Waals surface area contributed by atoms with Gasteiger partial charge in [-0.1, -0.05) is 31.2 Å². The van der Waals surface area contributed by atoms with Crippen LogP contribution in [0.1, 0.15) is 36.8 Å². The van der Waals surface area contributed by atoms with Crippen molar-refractivity contribution < 1.29 is 0 Å². The Kier molecular flexibility index (Phi) is 3.86. The van der Waals surface area contributed by atoms with Crippen LogP contribution in [-0.4, -0.2) is 25.0 Å². The summed E-state index contributed by atoms with van der Waals surface area (Å²) in [5.74, 6) is 1.62. The van der Waals surface area contributed by atoms with Crippen molar-refractivity contribution in [2.24, 2.45) is 5.92 Å². The number of nitrogens with zero attached hydrogens (tertiary/aromatic N) is 2. The number of hydrogen-bond acceptors (Lipinski definition) is 2. The monoisotopic (exact) mass is 306 g/mol. The average Bonchev–Trinajstić information content (AvgIpc) is 3.38. The normalized spacial score (nSPS) is 21.0. The fraction of sp³-hybridized carbons (Fsp3) is 0.429. The minimum Gasteiger partial charge on any atom is -0.345 e. The van der Waals surface area contributed by atoms with Crippen LogP contribution in [0.5, 0.6) is 0 Å². The number of rotatable bonds is 4. The first kappa shape index (κ1) is 14.8. The van der Waals surface area contributed by atoms with Gasteiger partial charge in [-0.2, -0.15) is 0 Å². The fourth-order valence-electron chi connectivity index (χ4n) is 3.81. The number of benzene rings is 2. The smallest absolute Gasteiger partial charge is 0.0411 e. The van der Waals surface area contributed by atoms with E-state index in [1.165, 1.54) is 42.9 Å². The topological polar surface area (TPSA) is 6.48 Å². The van der Waals surface area contributed by atoms with Gasteiger partial charge in [-0.25, -0.2) is 0 Å². The van der Waals surface area contributed by atoms with Crippen molar-refractivity contribution >= 4 is 11.4 Å². The molecule has 2 aromatic rings. The molecule has 2 aromatic carbocycles. The number of anilines is 2. The first-order chi connectivity index (χ1) is 11.2. The summed E-state index contributed by atoms with van der Waals surface area (Å²) in [6.07, 6.45) is 2.88. The number of hydrogen-bond donors (Lipinski definition) is 0. The highest BCUT2D eigenvalue weighted by Gasteiger charge is 2.28. The van der Waals surface area contributed by atoms with E-state index in [-0.39, 0.29) is 0 Å². The minimum atomic E-state index is 0.647. The molecule has 1 aliphatic heterocycles. The molecule has 1 fully saturated rings. The molecule has 1 aliphatic carbocycles. The molecule has 120 valence electrons. The van der Waals surface area contributed by atoms with Crippen molar-refractivity contribution in [3.05, 3.63) is 59.7 Å². The maximum Gasteiger partial charge on any atom is 0.0411 e. The van der Waals surface area contributed by atoms with Crippen LogP contribution in [0.2, 0.25) is 0 Å². The molecule has 23 heavy (non-hydrogen) atoms. The van der Waals surface area contributed by atoms with Crippen LogP contribution in [0, 0.1) is 5.92 Å². The van der Waals surface area contributed by atoms with E-state index in [0.29, 0.717) is 5.92 Å². The maximum absolute atomic E-state index is 2.66. The Bertz CT molecular complexity index is 675. The molecule has 4 rings (SSSR count). The van der Waals surface area contributed by atoms with Gasteiger partial charge in [0, 0.05) is 38.1 Å². The van der Waals surface area contributed by atoms with Crippen LogP contribution in [0.4, 0.5) is 11.4 Å². The van der Waals surface area contributed by atoms with Gasteiger partial charge in [-0.05, 0) is 60.1 Å². The van der Waals surface area contributed by atoms with E-state index < -0.39 is 0 Å². The largest absolute Gasteiger partial charge is 0.345 e. The lowest BCUT2D eigenvalue weighted by atomic mass is 9.90. The molecule has 0 bridgehead atoms. The van der Waals surface area contributed by atoms with Crippen LogP contribution < -0.4 is 4.90 Å².